The molecule has 0 N–H and O–H groups in total. The minimum Gasteiger partial charge on any atom is -0.371 e. The van der Waals surface area contributed by atoms with Gasteiger partial charge in [-0.3, -0.25) is 4.98 Å². The number of nitrogens with zero attached hydrogens (tertiary/aromatic N) is 2. The van der Waals surface area contributed by atoms with E-state index < -0.39 is 0 Å². The van der Waals surface area contributed by atoms with Crippen LogP contribution in [-0.4, -0.2) is 18.1 Å². The molecule has 3 heteroatoms. The first-order valence-electron chi connectivity index (χ1n) is 6.14. The van der Waals surface area contributed by atoms with Gasteiger partial charge in [-0.15, -0.1) is 0 Å². The number of benzene rings is 1. The molecule has 88 valence electrons. The highest BCUT2D eigenvalue weighted by atomic mass is 19.1. The van der Waals surface area contributed by atoms with E-state index in [1.807, 2.05) is 12.3 Å². The Kier molecular flexibility index (Phi) is 2.67. The molecule has 0 unspecified atom stereocenters. The minimum absolute atomic E-state index is 0.191. The Morgan fingerprint density at radius 1 is 1.06 bits per heavy atom. The molecule has 0 amide bonds. The van der Waals surface area contributed by atoms with Crippen LogP contribution in [0.1, 0.15) is 19.3 Å². The maximum absolute atomic E-state index is 13.3. The Balaban J connectivity index is 2.11. The number of aromatic nitrogens is 1. The van der Waals surface area contributed by atoms with Crippen molar-refractivity contribution in [3.8, 4) is 0 Å². The van der Waals surface area contributed by atoms with Gasteiger partial charge in [-0.1, -0.05) is 0 Å². The lowest BCUT2D eigenvalue weighted by Gasteiger charge is -2.29. The molecule has 0 saturated carbocycles. The zero-order valence-electron chi connectivity index (χ0n) is 9.69. The topological polar surface area (TPSA) is 16.1 Å². The lowest BCUT2D eigenvalue weighted by molar-refractivity contribution is 0.578. The second-order valence-electron chi connectivity index (χ2n) is 4.54. The van der Waals surface area contributed by atoms with Crippen molar-refractivity contribution in [2.24, 2.45) is 0 Å². The Morgan fingerprint density at radius 3 is 2.71 bits per heavy atom. The molecule has 1 aromatic heterocycles. The van der Waals surface area contributed by atoms with E-state index in [-0.39, 0.29) is 5.82 Å². The van der Waals surface area contributed by atoms with Crippen molar-refractivity contribution in [1.82, 2.24) is 4.98 Å². The molecule has 0 aliphatic carbocycles. The van der Waals surface area contributed by atoms with Gasteiger partial charge in [0.25, 0.3) is 0 Å². The molecule has 0 spiro atoms. The van der Waals surface area contributed by atoms with Crippen LogP contribution in [0.2, 0.25) is 0 Å². The van der Waals surface area contributed by atoms with Crippen LogP contribution in [0.25, 0.3) is 10.9 Å². The van der Waals surface area contributed by atoms with Crippen molar-refractivity contribution >= 4 is 16.6 Å². The summed E-state index contributed by atoms with van der Waals surface area (Å²) in [6.45, 7) is 2.13. The molecule has 0 bridgehead atoms. The molecule has 2 nitrogen and oxygen atoms in total. The van der Waals surface area contributed by atoms with Crippen LogP contribution in [-0.2, 0) is 0 Å². The minimum atomic E-state index is -0.191. The highest BCUT2D eigenvalue weighted by molar-refractivity contribution is 5.91. The fraction of sp³-hybridized carbons (Fsp3) is 0.357. The number of hydrogen-bond donors (Lipinski definition) is 0. The molecule has 1 aromatic carbocycles. The van der Waals surface area contributed by atoms with Crippen LogP contribution < -0.4 is 4.90 Å². The first kappa shape index (κ1) is 10.5. The number of fused-ring (bicyclic) bond motifs is 1. The van der Waals surface area contributed by atoms with E-state index in [9.17, 15) is 4.39 Å². The molecule has 17 heavy (non-hydrogen) atoms. The fourth-order valence-electron chi connectivity index (χ4n) is 2.51. The number of hydrogen-bond acceptors (Lipinski definition) is 2. The third-order valence-corrected chi connectivity index (χ3v) is 3.38. The maximum Gasteiger partial charge on any atom is 0.124 e. The van der Waals surface area contributed by atoms with Crippen molar-refractivity contribution < 1.29 is 4.39 Å². The predicted molar refractivity (Wildman–Crippen MR) is 67.8 cm³/mol. The molecule has 3 rings (SSSR count). The fourth-order valence-corrected chi connectivity index (χ4v) is 2.51. The Morgan fingerprint density at radius 2 is 1.88 bits per heavy atom. The number of halogens is 1. The first-order valence-corrected chi connectivity index (χ1v) is 6.14. The quantitative estimate of drug-likeness (QED) is 0.746. The number of piperidine rings is 1. The summed E-state index contributed by atoms with van der Waals surface area (Å²) >= 11 is 0. The average Bonchev–Trinajstić information content (AvgIpc) is 2.39. The third kappa shape index (κ3) is 1.97. The van der Waals surface area contributed by atoms with Crippen molar-refractivity contribution in [1.29, 1.82) is 0 Å². The van der Waals surface area contributed by atoms with Crippen molar-refractivity contribution in [3.05, 3.63) is 36.3 Å². The van der Waals surface area contributed by atoms with Crippen molar-refractivity contribution in [2.45, 2.75) is 19.3 Å². The van der Waals surface area contributed by atoms with Crippen LogP contribution in [0.4, 0.5) is 10.1 Å². The molecule has 1 saturated heterocycles. The SMILES string of the molecule is Fc1ccc2nccc(N3CCCCC3)c2c1. The summed E-state index contributed by atoms with van der Waals surface area (Å²) in [4.78, 5) is 6.62. The van der Waals surface area contributed by atoms with Gasteiger partial charge in [0.2, 0.25) is 0 Å². The van der Waals surface area contributed by atoms with E-state index in [1.165, 1.54) is 25.3 Å². The molecular formula is C14H15FN2. The van der Waals surface area contributed by atoms with Crippen molar-refractivity contribution in [3.63, 3.8) is 0 Å². The maximum atomic E-state index is 13.3. The van der Waals surface area contributed by atoms with Crippen molar-refractivity contribution in [2.75, 3.05) is 18.0 Å². The zero-order chi connectivity index (χ0) is 11.7. The molecular weight excluding hydrogens is 215 g/mol. The van der Waals surface area contributed by atoms with E-state index in [0.29, 0.717) is 0 Å². The Hall–Kier alpha value is -1.64. The standard InChI is InChI=1S/C14H15FN2/c15-11-4-5-13-12(10-11)14(6-7-16-13)17-8-2-1-3-9-17/h4-7,10H,1-3,8-9H2. The summed E-state index contributed by atoms with van der Waals surface area (Å²) in [6, 6.07) is 6.80. The number of anilines is 1. The summed E-state index contributed by atoms with van der Waals surface area (Å²) in [6.07, 6.45) is 5.55. The number of rotatable bonds is 1. The Bertz CT molecular complexity index is 533. The highest BCUT2D eigenvalue weighted by Gasteiger charge is 2.13. The van der Waals surface area contributed by atoms with E-state index in [0.717, 1.165) is 29.7 Å². The number of pyridine rings is 1. The molecule has 0 atom stereocenters. The monoisotopic (exact) mass is 230 g/mol. The summed E-state index contributed by atoms with van der Waals surface area (Å²) in [5, 5.41) is 0.925. The van der Waals surface area contributed by atoms with E-state index >= 15 is 0 Å². The highest BCUT2D eigenvalue weighted by Crippen LogP contribution is 2.28. The smallest absolute Gasteiger partial charge is 0.124 e. The van der Waals surface area contributed by atoms with Gasteiger partial charge >= 0.3 is 0 Å². The zero-order valence-corrected chi connectivity index (χ0v) is 9.69. The summed E-state index contributed by atoms with van der Waals surface area (Å²) in [7, 11) is 0. The van der Waals surface area contributed by atoms with Gasteiger partial charge < -0.3 is 4.90 Å². The Labute approximate surface area is 100 Å². The van der Waals surface area contributed by atoms with Gasteiger partial charge in [0.15, 0.2) is 0 Å². The molecule has 2 heterocycles. The van der Waals surface area contributed by atoms with Crippen LogP contribution in [0.5, 0.6) is 0 Å². The van der Waals surface area contributed by atoms with E-state index in [1.54, 1.807) is 12.1 Å². The van der Waals surface area contributed by atoms with Crippen LogP contribution in [0.3, 0.4) is 0 Å². The van der Waals surface area contributed by atoms with Gasteiger partial charge in [0, 0.05) is 30.4 Å². The third-order valence-electron chi connectivity index (χ3n) is 3.38. The molecule has 1 fully saturated rings. The lowest BCUT2D eigenvalue weighted by atomic mass is 10.1. The van der Waals surface area contributed by atoms with E-state index in [2.05, 4.69) is 9.88 Å². The second kappa shape index (κ2) is 4.32. The average molecular weight is 230 g/mol. The molecule has 2 aromatic rings. The lowest BCUT2D eigenvalue weighted by Crippen LogP contribution is -2.29. The second-order valence-corrected chi connectivity index (χ2v) is 4.54. The summed E-state index contributed by atoms with van der Waals surface area (Å²) in [5.74, 6) is -0.191. The predicted octanol–water partition coefficient (Wildman–Crippen LogP) is 3.36. The first-order chi connectivity index (χ1) is 8.34. The summed E-state index contributed by atoms with van der Waals surface area (Å²) in [5.41, 5.74) is 1.99. The van der Waals surface area contributed by atoms with Crippen LogP contribution in [0.15, 0.2) is 30.5 Å². The van der Waals surface area contributed by atoms with Crippen LogP contribution in [0, 0.1) is 5.82 Å². The normalized spacial score (nSPS) is 16.4. The van der Waals surface area contributed by atoms with Gasteiger partial charge in [-0.05, 0) is 43.5 Å². The molecule has 0 radical (unpaired) electrons. The van der Waals surface area contributed by atoms with Gasteiger partial charge in [0.05, 0.1) is 5.52 Å². The summed E-state index contributed by atoms with van der Waals surface area (Å²) < 4.78 is 13.3. The van der Waals surface area contributed by atoms with Gasteiger partial charge in [0.1, 0.15) is 5.82 Å². The van der Waals surface area contributed by atoms with Gasteiger partial charge in [-0.2, -0.15) is 0 Å². The molecule has 1 aliphatic rings. The largest absolute Gasteiger partial charge is 0.371 e. The van der Waals surface area contributed by atoms with E-state index in [4.69, 9.17) is 0 Å². The van der Waals surface area contributed by atoms with Gasteiger partial charge in [-0.25, -0.2) is 4.39 Å². The molecule has 1 aliphatic heterocycles. The van der Waals surface area contributed by atoms with Crippen LogP contribution >= 0.6 is 0 Å².